The molecule has 1 heterocycles. The van der Waals surface area contributed by atoms with E-state index < -0.39 is 0 Å². The van der Waals surface area contributed by atoms with E-state index >= 15 is 0 Å². The summed E-state index contributed by atoms with van der Waals surface area (Å²) >= 11 is 0. The van der Waals surface area contributed by atoms with Gasteiger partial charge in [0.15, 0.2) is 0 Å². The minimum Gasteiger partial charge on any atom is -0.487 e. The van der Waals surface area contributed by atoms with Crippen LogP contribution in [0.1, 0.15) is 70.5 Å². The first-order valence-corrected chi connectivity index (χ1v) is 8.52. The van der Waals surface area contributed by atoms with Crippen molar-refractivity contribution in [3.8, 4) is 5.75 Å². The van der Waals surface area contributed by atoms with Gasteiger partial charge in [0.2, 0.25) is 0 Å². The Morgan fingerprint density at radius 2 is 2.00 bits per heavy atom. The second kappa shape index (κ2) is 6.83. The van der Waals surface area contributed by atoms with Crippen molar-refractivity contribution in [1.29, 1.82) is 0 Å². The molecule has 0 saturated heterocycles. The SMILES string of the molecule is CCC1(CC)CC(NCCC(C)C)c2cc(C)ccc2O1. The highest BCUT2D eigenvalue weighted by Gasteiger charge is 2.38. The number of nitrogens with one attached hydrogen (secondary N) is 1. The van der Waals surface area contributed by atoms with Crippen molar-refractivity contribution < 1.29 is 4.74 Å². The zero-order chi connectivity index (χ0) is 15.5. The molecule has 0 bridgehead atoms. The van der Waals surface area contributed by atoms with E-state index in [4.69, 9.17) is 4.74 Å². The Hall–Kier alpha value is -1.02. The third-order valence-electron chi connectivity index (χ3n) is 4.84. The van der Waals surface area contributed by atoms with Crippen molar-refractivity contribution in [3.05, 3.63) is 29.3 Å². The minimum atomic E-state index is -0.00223. The molecular weight excluding hydrogens is 258 g/mol. The average molecular weight is 289 g/mol. The third kappa shape index (κ3) is 3.79. The molecule has 0 radical (unpaired) electrons. The van der Waals surface area contributed by atoms with Crippen LogP contribution in [0.25, 0.3) is 0 Å². The molecule has 1 atom stereocenters. The van der Waals surface area contributed by atoms with Gasteiger partial charge in [-0.3, -0.25) is 0 Å². The predicted octanol–water partition coefficient (Wildman–Crippen LogP) is 5.01. The number of hydrogen-bond donors (Lipinski definition) is 1. The first-order chi connectivity index (χ1) is 9.99. The Balaban J connectivity index is 2.22. The summed E-state index contributed by atoms with van der Waals surface area (Å²) in [5, 5.41) is 3.78. The van der Waals surface area contributed by atoms with E-state index in [1.807, 2.05) is 0 Å². The van der Waals surface area contributed by atoms with Crippen LogP contribution in [0.5, 0.6) is 5.75 Å². The van der Waals surface area contributed by atoms with Gasteiger partial charge >= 0.3 is 0 Å². The van der Waals surface area contributed by atoms with Crippen molar-refractivity contribution in [1.82, 2.24) is 5.32 Å². The predicted molar refractivity (Wildman–Crippen MR) is 89.9 cm³/mol. The highest BCUT2D eigenvalue weighted by atomic mass is 16.5. The molecule has 1 aromatic rings. The fourth-order valence-corrected chi connectivity index (χ4v) is 3.20. The molecule has 0 aliphatic carbocycles. The van der Waals surface area contributed by atoms with Gasteiger partial charge in [-0.25, -0.2) is 0 Å². The number of ether oxygens (including phenoxy) is 1. The molecule has 1 aliphatic heterocycles. The van der Waals surface area contributed by atoms with Crippen LogP contribution in [0.2, 0.25) is 0 Å². The van der Waals surface area contributed by atoms with Crippen LogP contribution in [0.3, 0.4) is 0 Å². The number of benzene rings is 1. The molecule has 2 heteroatoms. The van der Waals surface area contributed by atoms with Crippen LogP contribution < -0.4 is 10.1 Å². The smallest absolute Gasteiger partial charge is 0.124 e. The maximum Gasteiger partial charge on any atom is 0.124 e. The molecule has 0 fully saturated rings. The lowest BCUT2D eigenvalue weighted by molar-refractivity contribution is 0.0227. The van der Waals surface area contributed by atoms with Crippen molar-refractivity contribution in [2.75, 3.05) is 6.54 Å². The molecule has 0 aromatic heterocycles. The molecule has 2 nitrogen and oxygen atoms in total. The summed E-state index contributed by atoms with van der Waals surface area (Å²) in [7, 11) is 0. The lowest BCUT2D eigenvalue weighted by Gasteiger charge is -2.42. The van der Waals surface area contributed by atoms with Gasteiger partial charge in [0, 0.05) is 18.0 Å². The third-order valence-corrected chi connectivity index (χ3v) is 4.84. The molecule has 0 spiro atoms. The van der Waals surface area contributed by atoms with E-state index in [2.05, 4.69) is 58.1 Å². The zero-order valence-corrected chi connectivity index (χ0v) is 14.3. The van der Waals surface area contributed by atoms with E-state index in [-0.39, 0.29) is 5.60 Å². The molecule has 1 aliphatic rings. The Morgan fingerprint density at radius 1 is 1.29 bits per heavy atom. The number of rotatable bonds is 6. The maximum atomic E-state index is 6.39. The highest BCUT2D eigenvalue weighted by molar-refractivity contribution is 5.41. The first-order valence-electron chi connectivity index (χ1n) is 8.52. The normalized spacial score (nSPS) is 20.2. The molecule has 0 saturated carbocycles. The largest absolute Gasteiger partial charge is 0.487 e. The maximum absolute atomic E-state index is 6.39. The van der Waals surface area contributed by atoms with Gasteiger partial charge in [-0.1, -0.05) is 45.4 Å². The summed E-state index contributed by atoms with van der Waals surface area (Å²) in [6.45, 7) is 12.3. The summed E-state index contributed by atoms with van der Waals surface area (Å²) in [6, 6.07) is 7.02. The molecule has 0 amide bonds. The van der Waals surface area contributed by atoms with Crippen molar-refractivity contribution in [2.45, 2.75) is 71.9 Å². The molecular formula is C19H31NO. The van der Waals surface area contributed by atoms with Crippen molar-refractivity contribution in [2.24, 2.45) is 5.92 Å². The van der Waals surface area contributed by atoms with Gasteiger partial charge in [0.05, 0.1) is 0 Å². The number of hydrogen-bond acceptors (Lipinski definition) is 2. The Morgan fingerprint density at radius 3 is 2.62 bits per heavy atom. The second-order valence-electron chi connectivity index (χ2n) is 6.93. The number of aryl methyl sites for hydroxylation is 1. The molecule has 1 unspecified atom stereocenters. The topological polar surface area (TPSA) is 21.3 Å². The van der Waals surface area contributed by atoms with Crippen LogP contribution in [0.15, 0.2) is 18.2 Å². The summed E-state index contributed by atoms with van der Waals surface area (Å²) in [6.07, 6.45) is 4.44. The average Bonchev–Trinajstić information content (AvgIpc) is 2.47. The molecule has 118 valence electrons. The van der Waals surface area contributed by atoms with Gasteiger partial charge in [0.1, 0.15) is 11.4 Å². The van der Waals surface area contributed by atoms with Crippen LogP contribution in [0.4, 0.5) is 0 Å². The molecule has 21 heavy (non-hydrogen) atoms. The Kier molecular flexibility index (Phi) is 5.32. The lowest BCUT2D eigenvalue weighted by Crippen LogP contribution is -2.43. The van der Waals surface area contributed by atoms with E-state index in [0.717, 1.165) is 37.5 Å². The van der Waals surface area contributed by atoms with Crippen LogP contribution >= 0.6 is 0 Å². The minimum absolute atomic E-state index is 0.00223. The summed E-state index contributed by atoms with van der Waals surface area (Å²) in [4.78, 5) is 0. The second-order valence-corrected chi connectivity index (χ2v) is 6.93. The van der Waals surface area contributed by atoms with Gasteiger partial charge in [-0.2, -0.15) is 0 Å². The van der Waals surface area contributed by atoms with E-state index in [0.29, 0.717) is 6.04 Å². The van der Waals surface area contributed by atoms with Crippen LogP contribution in [0, 0.1) is 12.8 Å². The van der Waals surface area contributed by atoms with Gasteiger partial charge < -0.3 is 10.1 Å². The fourth-order valence-electron chi connectivity index (χ4n) is 3.20. The van der Waals surface area contributed by atoms with Gasteiger partial charge in [-0.05, 0) is 44.7 Å². The zero-order valence-electron chi connectivity index (χ0n) is 14.3. The van der Waals surface area contributed by atoms with Crippen molar-refractivity contribution in [3.63, 3.8) is 0 Å². The lowest BCUT2D eigenvalue weighted by atomic mass is 9.83. The Bertz CT molecular complexity index is 463. The summed E-state index contributed by atoms with van der Waals surface area (Å²) < 4.78 is 6.39. The molecule has 1 N–H and O–H groups in total. The monoisotopic (exact) mass is 289 g/mol. The summed E-state index contributed by atoms with van der Waals surface area (Å²) in [5.41, 5.74) is 2.65. The van der Waals surface area contributed by atoms with E-state index in [1.165, 1.54) is 17.5 Å². The summed E-state index contributed by atoms with van der Waals surface area (Å²) in [5.74, 6) is 1.83. The highest BCUT2D eigenvalue weighted by Crippen LogP contribution is 2.43. The van der Waals surface area contributed by atoms with Gasteiger partial charge in [-0.15, -0.1) is 0 Å². The number of fused-ring (bicyclic) bond motifs is 1. The first kappa shape index (κ1) is 16.4. The van der Waals surface area contributed by atoms with Gasteiger partial charge in [0.25, 0.3) is 0 Å². The molecule has 2 rings (SSSR count). The fraction of sp³-hybridized carbons (Fsp3) is 0.684. The van der Waals surface area contributed by atoms with Crippen LogP contribution in [-0.4, -0.2) is 12.1 Å². The Labute approximate surface area is 130 Å². The quantitative estimate of drug-likeness (QED) is 0.794. The molecule has 1 aromatic carbocycles. The standard InChI is InChI=1S/C19H31NO/c1-6-19(7-2)13-17(20-11-10-14(3)4)16-12-15(5)8-9-18(16)21-19/h8-9,12,14,17,20H,6-7,10-11,13H2,1-5H3. The van der Waals surface area contributed by atoms with E-state index in [9.17, 15) is 0 Å². The van der Waals surface area contributed by atoms with Crippen LogP contribution in [-0.2, 0) is 0 Å². The van der Waals surface area contributed by atoms with Crippen molar-refractivity contribution >= 4 is 0 Å². The van der Waals surface area contributed by atoms with E-state index in [1.54, 1.807) is 0 Å².